The van der Waals surface area contributed by atoms with Gasteiger partial charge in [0.1, 0.15) is 0 Å². The van der Waals surface area contributed by atoms with Crippen molar-refractivity contribution in [3.8, 4) is 0 Å². The van der Waals surface area contributed by atoms with Gasteiger partial charge in [-0.2, -0.15) is 0 Å². The first kappa shape index (κ1) is 9.36. The fourth-order valence-electron chi connectivity index (χ4n) is 1.58. The molecule has 0 aliphatic carbocycles. The Bertz CT molecular complexity index is 325. The van der Waals surface area contributed by atoms with Crippen molar-refractivity contribution in [3.63, 3.8) is 0 Å². The molecule has 0 atom stereocenters. The zero-order valence-electron chi connectivity index (χ0n) is 8.32. The summed E-state index contributed by atoms with van der Waals surface area (Å²) in [6, 6.07) is 0. The van der Waals surface area contributed by atoms with Crippen LogP contribution in [0.5, 0.6) is 0 Å². The lowest BCUT2D eigenvalue weighted by Crippen LogP contribution is -2.15. The van der Waals surface area contributed by atoms with Crippen LogP contribution in [0.15, 0.2) is 6.20 Å². The van der Waals surface area contributed by atoms with Crippen molar-refractivity contribution in [2.75, 3.05) is 25.5 Å². The molecule has 1 aliphatic heterocycles. The number of nitrogens with one attached hydrogen (secondary N) is 1. The van der Waals surface area contributed by atoms with Gasteiger partial charge < -0.3 is 11.1 Å². The van der Waals surface area contributed by atoms with Crippen molar-refractivity contribution in [2.45, 2.75) is 13.1 Å². The predicted octanol–water partition coefficient (Wildman–Crippen LogP) is -0.207. The molecule has 0 aromatic carbocycles. The van der Waals surface area contributed by atoms with Crippen LogP contribution in [-0.2, 0) is 13.1 Å². The molecule has 76 valence electrons. The summed E-state index contributed by atoms with van der Waals surface area (Å²) in [5.74, 6) is 0.685. The van der Waals surface area contributed by atoms with Gasteiger partial charge >= 0.3 is 0 Å². The second kappa shape index (κ2) is 3.89. The van der Waals surface area contributed by atoms with Gasteiger partial charge in [0, 0.05) is 37.9 Å². The summed E-state index contributed by atoms with van der Waals surface area (Å²) in [7, 11) is 2.08. The SMILES string of the molecule is CN1Cc2cnc(NCCN)nc2C1. The molecule has 0 spiro atoms. The summed E-state index contributed by atoms with van der Waals surface area (Å²) in [4.78, 5) is 10.9. The van der Waals surface area contributed by atoms with E-state index in [9.17, 15) is 0 Å². The molecular formula is C9H15N5. The van der Waals surface area contributed by atoms with Crippen LogP contribution in [0.25, 0.3) is 0 Å². The highest BCUT2D eigenvalue weighted by Gasteiger charge is 2.17. The Kier molecular flexibility index (Phi) is 2.60. The maximum absolute atomic E-state index is 5.38. The first-order chi connectivity index (χ1) is 6.79. The molecule has 0 saturated carbocycles. The summed E-state index contributed by atoms with van der Waals surface area (Å²) < 4.78 is 0. The Morgan fingerprint density at radius 2 is 2.43 bits per heavy atom. The maximum Gasteiger partial charge on any atom is 0.222 e. The number of nitrogens with zero attached hydrogens (tertiary/aromatic N) is 3. The number of anilines is 1. The van der Waals surface area contributed by atoms with Gasteiger partial charge in [-0.15, -0.1) is 0 Å². The van der Waals surface area contributed by atoms with Crippen LogP contribution in [0.2, 0.25) is 0 Å². The molecule has 0 unspecified atom stereocenters. The van der Waals surface area contributed by atoms with Crippen molar-refractivity contribution in [1.82, 2.24) is 14.9 Å². The minimum absolute atomic E-state index is 0.598. The largest absolute Gasteiger partial charge is 0.353 e. The van der Waals surface area contributed by atoms with E-state index in [1.807, 2.05) is 6.20 Å². The van der Waals surface area contributed by atoms with Crippen molar-refractivity contribution >= 4 is 5.95 Å². The lowest BCUT2D eigenvalue weighted by atomic mass is 10.3. The second-order valence-electron chi connectivity index (χ2n) is 3.55. The maximum atomic E-state index is 5.38. The molecule has 0 amide bonds. The number of fused-ring (bicyclic) bond motifs is 1. The molecule has 0 saturated heterocycles. The molecule has 0 radical (unpaired) electrons. The molecule has 5 nitrogen and oxygen atoms in total. The summed E-state index contributed by atoms with van der Waals surface area (Å²) in [6.45, 7) is 3.18. The summed E-state index contributed by atoms with van der Waals surface area (Å²) in [5, 5.41) is 3.07. The van der Waals surface area contributed by atoms with E-state index in [-0.39, 0.29) is 0 Å². The number of hydrogen-bond donors (Lipinski definition) is 2. The van der Waals surface area contributed by atoms with Crippen molar-refractivity contribution in [3.05, 3.63) is 17.5 Å². The molecule has 1 aliphatic rings. The normalized spacial score (nSPS) is 15.6. The van der Waals surface area contributed by atoms with Crippen LogP contribution < -0.4 is 11.1 Å². The molecule has 0 bridgehead atoms. The van der Waals surface area contributed by atoms with E-state index in [4.69, 9.17) is 5.73 Å². The predicted molar refractivity (Wildman–Crippen MR) is 54.7 cm³/mol. The number of aromatic nitrogens is 2. The number of nitrogens with two attached hydrogens (primary N) is 1. The van der Waals surface area contributed by atoms with Crippen LogP contribution in [0.3, 0.4) is 0 Å². The summed E-state index contributed by atoms with van der Waals surface area (Å²) in [5.41, 5.74) is 7.74. The molecule has 2 rings (SSSR count). The molecule has 14 heavy (non-hydrogen) atoms. The van der Waals surface area contributed by atoms with Crippen molar-refractivity contribution in [2.24, 2.45) is 5.73 Å². The average molecular weight is 193 g/mol. The molecular weight excluding hydrogens is 178 g/mol. The summed E-state index contributed by atoms with van der Waals surface area (Å²) >= 11 is 0. The molecule has 1 aromatic rings. The minimum Gasteiger partial charge on any atom is -0.353 e. The van der Waals surface area contributed by atoms with Gasteiger partial charge in [0.25, 0.3) is 0 Å². The Balaban J connectivity index is 2.12. The van der Waals surface area contributed by atoms with E-state index >= 15 is 0 Å². The Labute approximate surface area is 83.3 Å². The van der Waals surface area contributed by atoms with Crippen LogP contribution in [0, 0.1) is 0 Å². The van der Waals surface area contributed by atoms with Crippen LogP contribution in [0.1, 0.15) is 11.3 Å². The highest BCUT2D eigenvalue weighted by Crippen LogP contribution is 2.18. The van der Waals surface area contributed by atoms with E-state index in [0.29, 0.717) is 19.0 Å². The van der Waals surface area contributed by atoms with Crippen molar-refractivity contribution < 1.29 is 0 Å². The van der Waals surface area contributed by atoms with Gasteiger partial charge in [-0.25, -0.2) is 9.97 Å². The Hall–Kier alpha value is -1.20. The second-order valence-corrected chi connectivity index (χ2v) is 3.55. The van der Waals surface area contributed by atoms with Gasteiger partial charge in [0.05, 0.1) is 5.69 Å². The zero-order chi connectivity index (χ0) is 9.97. The lowest BCUT2D eigenvalue weighted by molar-refractivity contribution is 0.351. The molecule has 2 heterocycles. The molecule has 0 fully saturated rings. The summed E-state index contributed by atoms with van der Waals surface area (Å²) in [6.07, 6.45) is 1.89. The van der Waals surface area contributed by atoms with Crippen LogP contribution in [-0.4, -0.2) is 35.0 Å². The van der Waals surface area contributed by atoms with Crippen LogP contribution in [0.4, 0.5) is 5.95 Å². The van der Waals surface area contributed by atoms with E-state index in [1.54, 1.807) is 0 Å². The van der Waals surface area contributed by atoms with E-state index in [1.165, 1.54) is 5.56 Å². The van der Waals surface area contributed by atoms with Crippen molar-refractivity contribution in [1.29, 1.82) is 0 Å². The highest BCUT2D eigenvalue weighted by molar-refractivity contribution is 5.31. The first-order valence-electron chi connectivity index (χ1n) is 4.77. The first-order valence-corrected chi connectivity index (χ1v) is 4.77. The molecule has 3 N–H and O–H groups in total. The third-order valence-electron chi connectivity index (χ3n) is 2.24. The lowest BCUT2D eigenvalue weighted by Gasteiger charge is -2.03. The fourth-order valence-corrected chi connectivity index (χ4v) is 1.58. The van der Waals surface area contributed by atoms with Gasteiger partial charge in [0.15, 0.2) is 0 Å². The number of hydrogen-bond acceptors (Lipinski definition) is 5. The zero-order valence-corrected chi connectivity index (χ0v) is 8.32. The van der Waals surface area contributed by atoms with Gasteiger partial charge in [-0.05, 0) is 7.05 Å². The third-order valence-corrected chi connectivity index (χ3v) is 2.24. The third kappa shape index (κ3) is 1.83. The average Bonchev–Trinajstić information content (AvgIpc) is 2.54. The topological polar surface area (TPSA) is 67.1 Å². The quantitative estimate of drug-likeness (QED) is 0.695. The smallest absolute Gasteiger partial charge is 0.222 e. The van der Waals surface area contributed by atoms with Gasteiger partial charge in [-0.1, -0.05) is 0 Å². The fraction of sp³-hybridized carbons (Fsp3) is 0.556. The molecule has 1 aromatic heterocycles. The van der Waals surface area contributed by atoms with E-state index in [0.717, 1.165) is 18.8 Å². The van der Waals surface area contributed by atoms with E-state index < -0.39 is 0 Å². The van der Waals surface area contributed by atoms with Gasteiger partial charge in [-0.3, -0.25) is 4.90 Å². The number of rotatable bonds is 3. The highest BCUT2D eigenvalue weighted by atomic mass is 15.2. The Morgan fingerprint density at radius 1 is 1.57 bits per heavy atom. The molecule has 5 heteroatoms. The van der Waals surface area contributed by atoms with E-state index in [2.05, 4.69) is 27.2 Å². The monoisotopic (exact) mass is 193 g/mol. The minimum atomic E-state index is 0.598. The standard InChI is InChI=1S/C9H15N5/c1-14-5-7-4-12-9(11-3-2-10)13-8(7)6-14/h4H,2-3,5-6,10H2,1H3,(H,11,12,13). The Morgan fingerprint density at radius 3 is 3.21 bits per heavy atom. The van der Waals surface area contributed by atoms with Gasteiger partial charge in [0.2, 0.25) is 5.95 Å². The van der Waals surface area contributed by atoms with Crippen LogP contribution >= 0.6 is 0 Å².